The lowest BCUT2D eigenvalue weighted by atomic mass is 10.2. The summed E-state index contributed by atoms with van der Waals surface area (Å²) < 4.78 is 0. The van der Waals surface area contributed by atoms with Gasteiger partial charge in [-0.25, -0.2) is 5.01 Å². The molecule has 0 amide bonds. The quantitative estimate of drug-likeness (QED) is 0.456. The third-order valence-corrected chi connectivity index (χ3v) is 4.30. The Morgan fingerprint density at radius 1 is 1.65 bits per heavy atom. The van der Waals surface area contributed by atoms with E-state index in [1.54, 1.807) is 17.5 Å². The molecule has 2 rings (SSSR count). The lowest BCUT2D eigenvalue weighted by Crippen LogP contribution is -2.41. The van der Waals surface area contributed by atoms with Crippen molar-refractivity contribution in [1.29, 1.82) is 5.41 Å². The fraction of sp³-hybridized carbons (Fsp3) is 0.357. The molecule has 0 aliphatic carbocycles. The van der Waals surface area contributed by atoms with Crippen LogP contribution in [0.2, 0.25) is 0 Å². The molecular formula is C14H21N5S. The maximum absolute atomic E-state index is 7.40. The van der Waals surface area contributed by atoms with Crippen LogP contribution in [0, 0.1) is 5.41 Å². The lowest BCUT2D eigenvalue weighted by Gasteiger charge is -2.26. The summed E-state index contributed by atoms with van der Waals surface area (Å²) >= 11 is 1.60. The van der Waals surface area contributed by atoms with Crippen LogP contribution in [0.15, 0.2) is 36.5 Å². The molecule has 0 bridgehead atoms. The Hall–Kier alpha value is -1.79. The maximum Gasteiger partial charge on any atom is 0.123 e. The minimum Gasteiger partial charge on any atom is -0.384 e. The molecule has 1 saturated heterocycles. The summed E-state index contributed by atoms with van der Waals surface area (Å²) in [6.45, 7) is 9.56. The number of nitrogens with two attached hydrogens (primary N) is 1. The smallest absolute Gasteiger partial charge is 0.123 e. The fourth-order valence-corrected chi connectivity index (χ4v) is 3.16. The number of nitrogens with zero attached hydrogens (tertiary/aromatic N) is 1. The minimum atomic E-state index is 0.114. The number of hydrogen-bond donors (Lipinski definition) is 4. The zero-order valence-electron chi connectivity index (χ0n) is 11.5. The van der Waals surface area contributed by atoms with Gasteiger partial charge in [0.1, 0.15) is 5.84 Å². The Labute approximate surface area is 123 Å². The van der Waals surface area contributed by atoms with E-state index in [2.05, 4.69) is 28.9 Å². The fourth-order valence-electron chi connectivity index (χ4n) is 2.33. The summed E-state index contributed by atoms with van der Waals surface area (Å²) in [7, 11) is 0. The minimum absolute atomic E-state index is 0.114. The van der Waals surface area contributed by atoms with Gasteiger partial charge in [-0.2, -0.15) is 0 Å². The molecule has 0 aromatic carbocycles. The summed E-state index contributed by atoms with van der Waals surface area (Å²) in [5.74, 6) is 0.114. The van der Waals surface area contributed by atoms with Gasteiger partial charge in [-0.15, -0.1) is 11.3 Å². The van der Waals surface area contributed by atoms with Crippen LogP contribution in [0.5, 0.6) is 0 Å². The van der Waals surface area contributed by atoms with E-state index in [0.717, 1.165) is 42.1 Å². The standard InChI is InChI=1S/C14H21N5S/c1-3-18-19-6-4-5-13(19)10(2)17-8-12-7-11(9-20-12)14(15)16/h3,7,9,13,17-18H,1-2,4-6,8H2,(H3,15,16). The Balaban J connectivity index is 1.87. The SMILES string of the molecule is C=CNN1CCCC1C(=C)NCc1cc(C(=N)N)cs1. The summed E-state index contributed by atoms with van der Waals surface area (Å²) in [5, 5.41) is 14.8. The summed E-state index contributed by atoms with van der Waals surface area (Å²) in [4.78, 5) is 1.15. The van der Waals surface area contributed by atoms with Crippen LogP contribution in [0.3, 0.4) is 0 Å². The molecule has 20 heavy (non-hydrogen) atoms. The van der Waals surface area contributed by atoms with Crippen LogP contribution in [0.1, 0.15) is 23.3 Å². The molecule has 1 unspecified atom stereocenters. The third-order valence-electron chi connectivity index (χ3n) is 3.37. The van der Waals surface area contributed by atoms with E-state index < -0.39 is 0 Å². The first-order valence-electron chi connectivity index (χ1n) is 6.60. The summed E-state index contributed by atoms with van der Waals surface area (Å²) in [6.07, 6.45) is 3.94. The van der Waals surface area contributed by atoms with E-state index in [9.17, 15) is 0 Å². The molecule has 6 heteroatoms. The number of rotatable bonds is 7. The van der Waals surface area contributed by atoms with Gasteiger partial charge in [0.2, 0.25) is 0 Å². The van der Waals surface area contributed by atoms with Gasteiger partial charge in [0.05, 0.1) is 6.04 Å². The molecule has 1 aromatic rings. The van der Waals surface area contributed by atoms with Crippen molar-refractivity contribution in [3.63, 3.8) is 0 Å². The molecule has 0 spiro atoms. The Bertz CT molecular complexity index is 507. The first kappa shape index (κ1) is 14.6. The predicted molar refractivity (Wildman–Crippen MR) is 84.4 cm³/mol. The normalized spacial score (nSPS) is 18.7. The van der Waals surface area contributed by atoms with E-state index >= 15 is 0 Å². The van der Waals surface area contributed by atoms with Crippen molar-refractivity contribution in [3.05, 3.63) is 46.9 Å². The van der Waals surface area contributed by atoms with Crippen LogP contribution >= 0.6 is 11.3 Å². The van der Waals surface area contributed by atoms with E-state index in [1.807, 2.05) is 11.4 Å². The number of nitrogens with one attached hydrogen (secondary N) is 3. The van der Waals surface area contributed by atoms with Crippen LogP contribution in [0.25, 0.3) is 0 Å². The number of thiophene rings is 1. The molecule has 5 nitrogen and oxygen atoms in total. The molecule has 0 radical (unpaired) electrons. The van der Waals surface area contributed by atoms with Crippen molar-refractivity contribution in [2.75, 3.05) is 6.54 Å². The van der Waals surface area contributed by atoms with Crippen molar-refractivity contribution >= 4 is 17.2 Å². The third kappa shape index (κ3) is 3.40. The van der Waals surface area contributed by atoms with Crippen LogP contribution in [-0.2, 0) is 6.54 Å². The molecule has 1 aliphatic heterocycles. The zero-order chi connectivity index (χ0) is 14.5. The van der Waals surface area contributed by atoms with E-state index in [-0.39, 0.29) is 5.84 Å². The topological polar surface area (TPSA) is 77.2 Å². The number of hydrazine groups is 1. The van der Waals surface area contributed by atoms with Crippen LogP contribution in [-0.4, -0.2) is 23.4 Å². The number of nitrogen functional groups attached to an aromatic ring is 1. The van der Waals surface area contributed by atoms with Gasteiger partial charge in [-0.3, -0.25) is 5.41 Å². The van der Waals surface area contributed by atoms with Gasteiger partial charge >= 0.3 is 0 Å². The van der Waals surface area contributed by atoms with Crippen LogP contribution in [0.4, 0.5) is 0 Å². The average molecular weight is 291 g/mol. The van der Waals surface area contributed by atoms with Gasteiger partial charge in [0.15, 0.2) is 0 Å². The monoisotopic (exact) mass is 291 g/mol. The highest BCUT2D eigenvalue weighted by molar-refractivity contribution is 7.10. The summed E-state index contributed by atoms with van der Waals surface area (Å²) in [6, 6.07) is 2.24. The first-order chi connectivity index (χ1) is 9.61. The Morgan fingerprint density at radius 3 is 3.10 bits per heavy atom. The van der Waals surface area contributed by atoms with E-state index in [1.165, 1.54) is 0 Å². The van der Waals surface area contributed by atoms with Crippen molar-refractivity contribution < 1.29 is 0 Å². The highest BCUT2D eigenvalue weighted by Gasteiger charge is 2.26. The second kappa shape index (κ2) is 6.58. The van der Waals surface area contributed by atoms with Crippen LogP contribution < -0.4 is 16.5 Å². The van der Waals surface area contributed by atoms with Crippen molar-refractivity contribution in [2.24, 2.45) is 5.73 Å². The maximum atomic E-state index is 7.40. The first-order valence-corrected chi connectivity index (χ1v) is 7.48. The van der Waals surface area contributed by atoms with Gasteiger partial charge < -0.3 is 16.5 Å². The Morgan fingerprint density at radius 2 is 2.45 bits per heavy atom. The lowest BCUT2D eigenvalue weighted by molar-refractivity contribution is 0.220. The highest BCUT2D eigenvalue weighted by Crippen LogP contribution is 2.20. The molecule has 1 aliphatic rings. The number of amidine groups is 1. The number of hydrogen-bond acceptors (Lipinski definition) is 5. The van der Waals surface area contributed by atoms with E-state index in [0.29, 0.717) is 6.04 Å². The van der Waals surface area contributed by atoms with Gasteiger partial charge in [0, 0.05) is 40.8 Å². The Kier molecular flexibility index (Phi) is 4.81. The van der Waals surface area contributed by atoms with Crippen molar-refractivity contribution in [2.45, 2.75) is 25.4 Å². The second-order valence-electron chi connectivity index (χ2n) is 4.78. The van der Waals surface area contributed by atoms with E-state index in [4.69, 9.17) is 11.1 Å². The zero-order valence-corrected chi connectivity index (χ0v) is 12.3. The molecule has 0 saturated carbocycles. The second-order valence-corrected chi connectivity index (χ2v) is 5.77. The van der Waals surface area contributed by atoms with Gasteiger partial charge in [-0.05, 0) is 18.9 Å². The molecule has 1 atom stereocenters. The molecular weight excluding hydrogens is 270 g/mol. The largest absolute Gasteiger partial charge is 0.384 e. The van der Waals surface area contributed by atoms with Gasteiger partial charge in [-0.1, -0.05) is 13.2 Å². The predicted octanol–water partition coefficient (Wildman–Crippen LogP) is 1.75. The highest BCUT2D eigenvalue weighted by atomic mass is 32.1. The summed E-state index contributed by atoms with van der Waals surface area (Å²) in [5.41, 5.74) is 10.4. The molecule has 1 aromatic heterocycles. The van der Waals surface area contributed by atoms with Crippen molar-refractivity contribution in [1.82, 2.24) is 15.8 Å². The molecule has 108 valence electrons. The van der Waals surface area contributed by atoms with Gasteiger partial charge in [0.25, 0.3) is 0 Å². The molecule has 5 N–H and O–H groups in total. The molecule has 2 heterocycles. The molecule has 1 fully saturated rings. The average Bonchev–Trinajstić information content (AvgIpc) is 3.05. The van der Waals surface area contributed by atoms with Crippen molar-refractivity contribution in [3.8, 4) is 0 Å².